The van der Waals surface area contributed by atoms with Crippen LogP contribution in [-0.2, 0) is 0 Å². The SMILES string of the molecule is CNc1cccc(NCC2CCC2)c1[N+](=O)[O-]. The molecule has 1 aliphatic rings. The third kappa shape index (κ3) is 2.49. The van der Waals surface area contributed by atoms with Crippen LogP contribution in [0.3, 0.4) is 0 Å². The Morgan fingerprint density at radius 1 is 1.41 bits per heavy atom. The number of para-hydroxylation sites is 1. The summed E-state index contributed by atoms with van der Waals surface area (Å²) in [5.74, 6) is 0.674. The zero-order chi connectivity index (χ0) is 12.3. The Morgan fingerprint density at radius 2 is 2.12 bits per heavy atom. The fourth-order valence-electron chi connectivity index (χ4n) is 2.04. The van der Waals surface area contributed by atoms with Crippen molar-refractivity contribution in [1.82, 2.24) is 0 Å². The second-order valence-corrected chi connectivity index (χ2v) is 4.39. The molecule has 0 spiro atoms. The van der Waals surface area contributed by atoms with Crippen molar-refractivity contribution in [2.75, 3.05) is 24.2 Å². The summed E-state index contributed by atoms with van der Waals surface area (Å²) in [5.41, 5.74) is 1.29. The molecule has 92 valence electrons. The maximum Gasteiger partial charge on any atom is 0.315 e. The molecule has 2 rings (SSSR count). The minimum absolute atomic E-state index is 0.134. The molecular weight excluding hydrogens is 218 g/mol. The molecule has 1 fully saturated rings. The van der Waals surface area contributed by atoms with Crippen molar-refractivity contribution >= 4 is 17.1 Å². The lowest BCUT2D eigenvalue weighted by molar-refractivity contribution is -0.383. The average Bonchev–Trinajstić information content (AvgIpc) is 2.26. The summed E-state index contributed by atoms with van der Waals surface area (Å²) in [6.45, 7) is 0.827. The molecule has 0 saturated heterocycles. The molecule has 1 aromatic rings. The Morgan fingerprint density at radius 3 is 2.65 bits per heavy atom. The average molecular weight is 235 g/mol. The van der Waals surface area contributed by atoms with Gasteiger partial charge >= 0.3 is 5.69 Å². The van der Waals surface area contributed by atoms with E-state index in [0.717, 1.165) is 6.54 Å². The number of benzene rings is 1. The second-order valence-electron chi connectivity index (χ2n) is 4.39. The van der Waals surface area contributed by atoms with Crippen LogP contribution in [0.5, 0.6) is 0 Å². The number of nitro benzene ring substituents is 1. The predicted molar refractivity (Wildman–Crippen MR) is 68.5 cm³/mol. The Balaban J connectivity index is 2.16. The Hall–Kier alpha value is -1.78. The van der Waals surface area contributed by atoms with Gasteiger partial charge < -0.3 is 10.6 Å². The van der Waals surface area contributed by atoms with E-state index >= 15 is 0 Å². The minimum atomic E-state index is -0.338. The molecule has 0 unspecified atom stereocenters. The minimum Gasteiger partial charge on any atom is -0.382 e. The van der Waals surface area contributed by atoms with Gasteiger partial charge in [-0.15, -0.1) is 0 Å². The first-order valence-electron chi connectivity index (χ1n) is 5.91. The molecule has 0 radical (unpaired) electrons. The molecule has 2 N–H and O–H groups in total. The van der Waals surface area contributed by atoms with E-state index < -0.39 is 0 Å². The molecule has 17 heavy (non-hydrogen) atoms. The number of anilines is 2. The zero-order valence-corrected chi connectivity index (χ0v) is 9.90. The second kappa shape index (κ2) is 5.03. The third-order valence-corrected chi connectivity index (χ3v) is 3.29. The predicted octanol–water partition coefficient (Wildman–Crippen LogP) is 2.85. The Labute approximate surface area is 100 Å². The molecule has 0 bridgehead atoms. The van der Waals surface area contributed by atoms with E-state index in [2.05, 4.69) is 10.6 Å². The number of nitrogens with zero attached hydrogens (tertiary/aromatic N) is 1. The van der Waals surface area contributed by atoms with E-state index in [4.69, 9.17) is 0 Å². The Kier molecular flexibility index (Phi) is 3.46. The quantitative estimate of drug-likeness (QED) is 0.608. The van der Waals surface area contributed by atoms with Crippen molar-refractivity contribution in [2.45, 2.75) is 19.3 Å². The lowest BCUT2D eigenvalue weighted by Crippen LogP contribution is -2.21. The molecule has 5 heteroatoms. The van der Waals surface area contributed by atoms with Crippen LogP contribution in [0.2, 0.25) is 0 Å². The summed E-state index contributed by atoms with van der Waals surface area (Å²) in [6, 6.07) is 5.30. The van der Waals surface area contributed by atoms with E-state index in [1.54, 1.807) is 19.2 Å². The normalized spacial score (nSPS) is 15.1. The number of rotatable bonds is 5. The molecule has 5 nitrogen and oxygen atoms in total. The highest BCUT2D eigenvalue weighted by Crippen LogP contribution is 2.34. The molecule has 0 aromatic heterocycles. The molecule has 0 atom stereocenters. The summed E-state index contributed by atoms with van der Waals surface area (Å²) in [4.78, 5) is 10.7. The molecule has 1 aromatic carbocycles. The summed E-state index contributed by atoms with van der Waals surface area (Å²) < 4.78 is 0. The smallest absolute Gasteiger partial charge is 0.315 e. The van der Waals surface area contributed by atoms with Crippen LogP contribution in [0.4, 0.5) is 17.1 Å². The van der Waals surface area contributed by atoms with Crippen molar-refractivity contribution in [2.24, 2.45) is 5.92 Å². The highest BCUT2D eigenvalue weighted by atomic mass is 16.6. The largest absolute Gasteiger partial charge is 0.382 e. The van der Waals surface area contributed by atoms with Crippen molar-refractivity contribution in [3.05, 3.63) is 28.3 Å². The fourth-order valence-corrected chi connectivity index (χ4v) is 2.04. The van der Waals surface area contributed by atoms with Crippen LogP contribution in [0.25, 0.3) is 0 Å². The van der Waals surface area contributed by atoms with Crippen LogP contribution in [0.15, 0.2) is 18.2 Å². The first kappa shape index (κ1) is 11.7. The van der Waals surface area contributed by atoms with Gasteiger partial charge in [-0.05, 0) is 30.9 Å². The van der Waals surface area contributed by atoms with Crippen LogP contribution >= 0.6 is 0 Å². The maximum absolute atomic E-state index is 11.1. The maximum atomic E-state index is 11.1. The van der Waals surface area contributed by atoms with Crippen molar-refractivity contribution in [3.8, 4) is 0 Å². The van der Waals surface area contributed by atoms with Crippen molar-refractivity contribution in [1.29, 1.82) is 0 Å². The van der Waals surface area contributed by atoms with E-state index in [-0.39, 0.29) is 10.6 Å². The van der Waals surface area contributed by atoms with Gasteiger partial charge in [0.25, 0.3) is 0 Å². The number of hydrogen-bond acceptors (Lipinski definition) is 4. The van der Waals surface area contributed by atoms with Crippen LogP contribution in [0, 0.1) is 16.0 Å². The standard InChI is InChI=1S/C12H17N3O2/c1-13-10-6-3-7-11(12(10)15(16)17)14-8-9-4-2-5-9/h3,6-7,9,13-14H,2,4-5,8H2,1H3. The van der Waals surface area contributed by atoms with Crippen molar-refractivity contribution in [3.63, 3.8) is 0 Å². The highest BCUT2D eigenvalue weighted by Gasteiger charge is 2.21. The summed E-state index contributed by atoms with van der Waals surface area (Å²) in [7, 11) is 1.69. The lowest BCUT2D eigenvalue weighted by Gasteiger charge is -2.25. The first-order chi connectivity index (χ1) is 8.22. The van der Waals surface area contributed by atoms with Gasteiger partial charge in [0.15, 0.2) is 0 Å². The first-order valence-corrected chi connectivity index (χ1v) is 5.91. The van der Waals surface area contributed by atoms with E-state index in [0.29, 0.717) is 17.3 Å². The topological polar surface area (TPSA) is 67.2 Å². The van der Waals surface area contributed by atoms with Gasteiger partial charge in [-0.2, -0.15) is 0 Å². The highest BCUT2D eigenvalue weighted by molar-refractivity contribution is 5.75. The Bertz CT molecular complexity index is 416. The van der Waals surface area contributed by atoms with Gasteiger partial charge in [-0.1, -0.05) is 12.5 Å². The van der Waals surface area contributed by atoms with E-state index in [1.807, 2.05) is 6.07 Å². The molecule has 1 aliphatic carbocycles. The lowest BCUT2D eigenvalue weighted by atomic mass is 9.85. The molecule has 0 aliphatic heterocycles. The summed E-state index contributed by atoms with van der Waals surface area (Å²) >= 11 is 0. The van der Waals surface area contributed by atoms with Crippen LogP contribution < -0.4 is 10.6 Å². The van der Waals surface area contributed by atoms with Gasteiger partial charge in [-0.25, -0.2) is 0 Å². The zero-order valence-electron chi connectivity index (χ0n) is 9.90. The monoisotopic (exact) mass is 235 g/mol. The number of nitrogens with one attached hydrogen (secondary N) is 2. The van der Waals surface area contributed by atoms with E-state index in [1.165, 1.54) is 19.3 Å². The van der Waals surface area contributed by atoms with Crippen LogP contribution in [-0.4, -0.2) is 18.5 Å². The van der Waals surface area contributed by atoms with Gasteiger partial charge in [0.1, 0.15) is 11.4 Å². The summed E-state index contributed by atoms with van der Waals surface area (Å²) in [5, 5.41) is 17.1. The number of hydrogen-bond donors (Lipinski definition) is 2. The van der Waals surface area contributed by atoms with Gasteiger partial charge in [0, 0.05) is 13.6 Å². The molecule has 0 heterocycles. The molecule has 1 saturated carbocycles. The molecule has 0 amide bonds. The van der Waals surface area contributed by atoms with Crippen LogP contribution in [0.1, 0.15) is 19.3 Å². The van der Waals surface area contributed by atoms with Gasteiger partial charge in [-0.3, -0.25) is 10.1 Å². The van der Waals surface area contributed by atoms with Gasteiger partial charge in [0.2, 0.25) is 0 Å². The summed E-state index contributed by atoms with van der Waals surface area (Å²) in [6.07, 6.45) is 3.74. The van der Waals surface area contributed by atoms with E-state index in [9.17, 15) is 10.1 Å². The van der Waals surface area contributed by atoms with Crippen molar-refractivity contribution < 1.29 is 4.92 Å². The third-order valence-electron chi connectivity index (χ3n) is 3.29. The van der Waals surface area contributed by atoms with Gasteiger partial charge in [0.05, 0.1) is 4.92 Å². The fraction of sp³-hybridized carbons (Fsp3) is 0.500. The molecular formula is C12H17N3O2. The number of nitro groups is 1.